The second-order valence-corrected chi connectivity index (χ2v) is 12.5. The number of hydrogen-bond acceptors (Lipinski definition) is 6. The van der Waals surface area contributed by atoms with Crippen molar-refractivity contribution in [3.8, 4) is 0 Å². The van der Waals surface area contributed by atoms with E-state index in [9.17, 15) is 14.7 Å². The summed E-state index contributed by atoms with van der Waals surface area (Å²) >= 11 is 1.61. The van der Waals surface area contributed by atoms with E-state index in [1.807, 2.05) is 59.7 Å². The third kappa shape index (κ3) is 5.99. The molecule has 3 aliphatic rings. The van der Waals surface area contributed by atoms with E-state index in [1.54, 1.807) is 17.4 Å². The number of carbonyl (C=O) groups is 2. The first kappa shape index (κ1) is 27.1. The van der Waals surface area contributed by atoms with Gasteiger partial charge in [-0.3, -0.25) is 9.59 Å². The molecule has 6 rings (SSSR count). The van der Waals surface area contributed by atoms with Gasteiger partial charge in [0.05, 0.1) is 18.2 Å². The van der Waals surface area contributed by atoms with E-state index < -0.39 is 12.1 Å². The molecular weight excluding hydrogens is 520 g/mol. The van der Waals surface area contributed by atoms with Crippen LogP contribution in [0, 0.1) is 6.92 Å². The van der Waals surface area contributed by atoms with Crippen LogP contribution in [-0.4, -0.2) is 58.1 Å². The van der Waals surface area contributed by atoms with E-state index in [1.165, 1.54) is 0 Å². The zero-order valence-electron chi connectivity index (χ0n) is 23.0. The highest BCUT2D eigenvalue weighted by Gasteiger charge is 2.35. The number of likely N-dealkylation sites (tertiary alicyclic amines) is 1. The van der Waals surface area contributed by atoms with Gasteiger partial charge in [0.25, 0.3) is 11.8 Å². The third-order valence-electron chi connectivity index (χ3n) is 8.49. The molecule has 210 valence electrons. The highest BCUT2D eigenvalue weighted by atomic mass is 32.1. The predicted octanol–water partition coefficient (Wildman–Crippen LogP) is 4.76. The van der Waals surface area contributed by atoms with Crippen LogP contribution in [0.25, 0.3) is 0 Å². The van der Waals surface area contributed by atoms with E-state index in [-0.39, 0.29) is 23.9 Å². The molecule has 3 N–H and O–H groups in total. The summed E-state index contributed by atoms with van der Waals surface area (Å²) < 4.78 is 0. The molecule has 2 amide bonds. The Hall–Kier alpha value is -3.07. The second-order valence-electron chi connectivity index (χ2n) is 11.6. The smallest absolute Gasteiger partial charge is 0.254 e. The zero-order valence-corrected chi connectivity index (χ0v) is 23.8. The zero-order chi connectivity index (χ0) is 27.6. The fraction of sp³-hybridized carbons (Fsp3) is 0.469. The van der Waals surface area contributed by atoms with Gasteiger partial charge >= 0.3 is 0 Å². The molecule has 8 heteroatoms. The molecular formula is C32H38N4O3S. The molecule has 3 fully saturated rings. The molecule has 0 unspecified atom stereocenters. The molecule has 1 aromatic heterocycles. The lowest BCUT2D eigenvalue weighted by Crippen LogP contribution is -2.52. The Balaban J connectivity index is 1.26. The molecule has 0 radical (unpaired) electrons. The number of thiazole rings is 1. The van der Waals surface area contributed by atoms with E-state index >= 15 is 0 Å². The van der Waals surface area contributed by atoms with Gasteiger partial charge in [0.2, 0.25) is 0 Å². The van der Waals surface area contributed by atoms with Crippen molar-refractivity contribution in [1.29, 1.82) is 0 Å². The van der Waals surface area contributed by atoms with Gasteiger partial charge in [-0.05, 0) is 93.7 Å². The lowest BCUT2D eigenvalue weighted by molar-refractivity contribution is 0.0733. The fourth-order valence-corrected chi connectivity index (χ4v) is 7.12. The van der Waals surface area contributed by atoms with Crippen molar-refractivity contribution < 1.29 is 14.7 Å². The summed E-state index contributed by atoms with van der Waals surface area (Å²) in [5.74, 6) is 0.106. The number of hydrogen-bond donors (Lipinski definition) is 3. The molecule has 1 saturated carbocycles. The van der Waals surface area contributed by atoms with Gasteiger partial charge < -0.3 is 20.6 Å². The number of rotatable bonds is 9. The molecule has 4 atom stereocenters. The van der Waals surface area contributed by atoms with Crippen LogP contribution in [0.4, 0.5) is 0 Å². The highest BCUT2D eigenvalue weighted by Crippen LogP contribution is 2.41. The van der Waals surface area contributed by atoms with E-state index in [4.69, 9.17) is 0 Å². The number of carbonyl (C=O) groups excluding carboxylic acids is 2. The minimum Gasteiger partial charge on any atom is -0.389 e. The Kier molecular flexibility index (Phi) is 8.01. The van der Waals surface area contributed by atoms with Crippen LogP contribution in [0.3, 0.4) is 0 Å². The molecule has 7 nitrogen and oxygen atoms in total. The minimum absolute atomic E-state index is 0.0163. The van der Waals surface area contributed by atoms with E-state index in [0.29, 0.717) is 30.0 Å². The third-order valence-corrected chi connectivity index (χ3v) is 9.55. The molecule has 1 aliphatic carbocycles. The lowest BCUT2D eigenvalue weighted by atomic mass is 9.94. The number of aliphatic hydroxyl groups is 1. The summed E-state index contributed by atoms with van der Waals surface area (Å²) in [7, 11) is 0. The number of aryl methyl sites for hydroxylation is 1. The van der Waals surface area contributed by atoms with Crippen molar-refractivity contribution in [2.24, 2.45) is 0 Å². The lowest BCUT2D eigenvalue weighted by Gasteiger charge is -2.29. The SMILES string of the molecule is Cc1csc([C@H]2CCCN2C(=O)c2cc(C(=O)N[C@H](Cc3ccccc3)[C@H](O)[C@@H]3CCCN3)cc(C3CC3)c2)n1. The topological polar surface area (TPSA) is 94.6 Å². The van der Waals surface area contributed by atoms with E-state index in [2.05, 4.69) is 15.6 Å². The van der Waals surface area contributed by atoms with Gasteiger partial charge in [-0.25, -0.2) is 4.98 Å². The second kappa shape index (κ2) is 11.8. The first-order chi connectivity index (χ1) is 19.5. The predicted molar refractivity (Wildman–Crippen MR) is 157 cm³/mol. The van der Waals surface area contributed by atoms with Gasteiger partial charge in [-0.2, -0.15) is 0 Å². The summed E-state index contributed by atoms with van der Waals surface area (Å²) in [6.45, 7) is 3.55. The van der Waals surface area contributed by atoms with Crippen LogP contribution in [-0.2, 0) is 6.42 Å². The van der Waals surface area contributed by atoms with Crippen molar-refractivity contribution in [2.45, 2.75) is 82.0 Å². The molecule has 3 aromatic rings. The first-order valence-electron chi connectivity index (χ1n) is 14.6. The van der Waals surface area contributed by atoms with Crippen LogP contribution >= 0.6 is 11.3 Å². The summed E-state index contributed by atoms with van der Waals surface area (Å²) in [5, 5.41) is 20.9. The Bertz CT molecular complexity index is 1350. The van der Waals surface area contributed by atoms with Gasteiger partial charge in [-0.1, -0.05) is 30.3 Å². The number of aliphatic hydroxyl groups excluding tert-OH is 1. The standard InChI is InChI=1S/C32H38N4O3S/c1-20-19-40-31(34-20)28-10-6-14-36(28)32(39)25-17-23(22-11-12-22)16-24(18-25)30(38)35-27(15-21-7-3-2-4-8-21)29(37)26-9-5-13-33-26/h2-4,7-8,16-19,22,26-29,33,37H,5-6,9-15H2,1H3,(H,35,38)/t26-,27+,28+,29+/m0/s1. The van der Waals surface area contributed by atoms with Gasteiger partial charge in [0, 0.05) is 34.8 Å². The molecule has 2 aliphatic heterocycles. The number of nitrogens with zero attached hydrogens (tertiary/aromatic N) is 2. The fourth-order valence-electron chi connectivity index (χ4n) is 6.18. The molecule has 2 aromatic carbocycles. The molecule has 40 heavy (non-hydrogen) atoms. The van der Waals surface area contributed by atoms with Crippen LogP contribution in [0.15, 0.2) is 53.9 Å². The molecule has 2 saturated heterocycles. The molecule has 0 bridgehead atoms. The Labute approximate surface area is 240 Å². The Morgan fingerprint density at radius 1 is 1.10 bits per heavy atom. The van der Waals surface area contributed by atoms with Crippen LogP contribution in [0.1, 0.15) is 93.0 Å². The molecule has 0 spiro atoms. The molecule has 3 heterocycles. The van der Waals surface area contributed by atoms with Crippen molar-refractivity contribution >= 4 is 23.2 Å². The Morgan fingerprint density at radius 2 is 1.90 bits per heavy atom. The minimum atomic E-state index is -0.716. The monoisotopic (exact) mass is 558 g/mol. The highest BCUT2D eigenvalue weighted by molar-refractivity contribution is 7.09. The summed E-state index contributed by atoms with van der Waals surface area (Å²) in [5.41, 5.74) is 4.14. The normalized spacial score (nSPS) is 22.3. The first-order valence-corrected chi connectivity index (χ1v) is 15.5. The van der Waals surface area contributed by atoms with Gasteiger partial charge in [0.1, 0.15) is 5.01 Å². The summed E-state index contributed by atoms with van der Waals surface area (Å²) in [4.78, 5) is 34.2. The number of aromatic nitrogens is 1. The summed E-state index contributed by atoms with van der Waals surface area (Å²) in [6.07, 6.45) is 5.71. The number of amides is 2. The summed E-state index contributed by atoms with van der Waals surface area (Å²) in [6, 6.07) is 15.1. The van der Waals surface area contributed by atoms with E-state index in [0.717, 1.165) is 66.9 Å². The Morgan fingerprint density at radius 3 is 2.60 bits per heavy atom. The van der Waals surface area contributed by atoms with Gasteiger partial charge in [-0.15, -0.1) is 11.3 Å². The van der Waals surface area contributed by atoms with Crippen molar-refractivity contribution in [1.82, 2.24) is 20.5 Å². The van der Waals surface area contributed by atoms with Crippen LogP contribution in [0.2, 0.25) is 0 Å². The maximum absolute atomic E-state index is 13.9. The number of nitrogens with one attached hydrogen (secondary N) is 2. The maximum Gasteiger partial charge on any atom is 0.254 e. The maximum atomic E-state index is 13.9. The van der Waals surface area contributed by atoms with Crippen molar-refractivity contribution in [2.75, 3.05) is 13.1 Å². The average molecular weight is 559 g/mol. The quantitative estimate of drug-likeness (QED) is 0.352. The van der Waals surface area contributed by atoms with Crippen molar-refractivity contribution in [3.05, 3.63) is 86.9 Å². The van der Waals surface area contributed by atoms with Gasteiger partial charge in [0.15, 0.2) is 0 Å². The average Bonchev–Trinajstić information content (AvgIpc) is 3.32. The number of benzene rings is 2. The largest absolute Gasteiger partial charge is 0.389 e. The van der Waals surface area contributed by atoms with Crippen LogP contribution < -0.4 is 10.6 Å². The van der Waals surface area contributed by atoms with Crippen molar-refractivity contribution in [3.63, 3.8) is 0 Å². The van der Waals surface area contributed by atoms with Crippen LogP contribution in [0.5, 0.6) is 0 Å².